The van der Waals surface area contributed by atoms with Gasteiger partial charge in [-0.2, -0.15) is 0 Å². The molecule has 5 heteroatoms. The van der Waals surface area contributed by atoms with Gasteiger partial charge in [0.25, 0.3) is 0 Å². The first-order valence-electron chi connectivity index (χ1n) is 7.03. The Kier molecular flexibility index (Phi) is 5.70. The molecule has 0 aromatic heterocycles. The van der Waals surface area contributed by atoms with Gasteiger partial charge >= 0.3 is 0 Å². The molecule has 0 spiro atoms. The molecule has 1 aromatic rings. The number of halogens is 2. The summed E-state index contributed by atoms with van der Waals surface area (Å²) in [5, 5.41) is 7.54. The standard InChI is InChI=1S/C15H20Cl2N2O/c1-10-3-2-7-18-14(10)15(20)19-8-6-11-4-5-12(16)9-13(11)17/h4-5,9-10,14,18H,2-3,6-8H2,1H3,(H,19,20). The molecule has 2 atom stereocenters. The third kappa shape index (κ3) is 4.11. The maximum atomic E-state index is 12.1. The van der Waals surface area contributed by atoms with Crippen LogP contribution in [0, 0.1) is 5.92 Å². The predicted octanol–water partition coefficient (Wildman–Crippen LogP) is 3.04. The number of carbonyl (C=O) groups is 1. The molecule has 110 valence electrons. The zero-order chi connectivity index (χ0) is 14.5. The molecule has 1 aromatic carbocycles. The van der Waals surface area contributed by atoms with E-state index in [2.05, 4.69) is 17.6 Å². The molecule has 1 aliphatic heterocycles. The van der Waals surface area contributed by atoms with Crippen LogP contribution < -0.4 is 10.6 Å². The minimum absolute atomic E-state index is 0.0653. The Hall–Kier alpha value is -0.770. The molecule has 0 aliphatic carbocycles. The first-order chi connectivity index (χ1) is 9.58. The number of nitrogens with one attached hydrogen (secondary N) is 2. The van der Waals surface area contributed by atoms with Gasteiger partial charge in [0.2, 0.25) is 5.91 Å². The van der Waals surface area contributed by atoms with Crippen LogP contribution in [0.3, 0.4) is 0 Å². The van der Waals surface area contributed by atoms with Crippen LogP contribution in [0.25, 0.3) is 0 Å². The van der Waals surface area contributed by atoms with Gasteiger partial charge in [0.1, 0.15) is 0 Å². The van der Waals surface area contributed by atoms with Crippen molar-refractivity contribution in [2.45, 2.75) is 32.2 Å². The lowest BCUT2D eigenvalue weighted by Crippen LogP contribution is -2.51. The summed E-state index contributed by atoms with van der Waals surface area (Å²) in [6.45, 7) is 3.63. The van der Waals surface area contributed by atoms with E-state index in [-0.39, 0.29) is 11.9 Å². The maximum absolute atomic E-state index is 12.1. The second-order valence-corrected chi connectivity index (χ2v) is 6.17. The van der Waals surface area contributed by atoms with Crippen LogP contribution in [0.2, 0.25) is 10.0 Å². The monoisotopic (exact) mass is 314 g/mol. The minimum atomic E-state index is -0.0653. The summed E-state index contributed by atoms with van der Waals surface area (Å²) in [6, 6.07) is 5.38. The molecule has 1 amide bonds. The molecule has 2 rings (SSSR count). The second kappa shape index (κ2) is 7.30. The zero-order valence-corrected chi connectivity index (χ0v) is 13.1. The van der Waals surface area contributed by atoms with E-state index in [0.717, 1.165) is 24.9 Å². The average molecular weight is 315 g/mol. The van der Waals surface area contributed by atoms with Crippen LogP contribution >= 0.6 is 23.2 Å². The van der Waals surface area contributed by atoms with E-state index in [1.165, 1.54) is 0 Å². The molecule has 1 aliphatic rings. The largest absolute Gasteiger partial charge is 0.354 e. The maximum Gasteiger partial charge on any atom is 0.237 e. The second-order valence-electron chi connectivity index (χ2n) is 5.33. The molecule has 2 N–H and O–H groups in total. The van der Waals surface area contributed by atoms with Crippen LogP contribution in [-0.4, -0.2) is 25.0 Å². The molecule has 1 heterocycles. The van der Waals surface area contributed by atoms with Gasteiger partial charge in [-0.1, -0.05) is 36.2 Å². The van der Waals surface area contributed by atoms with E-state index in [4.69, 9.17) is 23.2 Å². The Labute approximate surface area is 130 Å². The lowest BCUT2D eigenvalue weighted by molar-refractivity contribution is -0.124. The van der Waals surface area contributed by atoms with E-state index >= 15 is 0 Å². The van der Waals surface area contributed by atoms with Gasteiger partial charge < -0.3 is 10.6 Å². The Morgan fingerprint density at radius 1 is 1.45 bits per heavy atom. The number of rotatable bonds is 4. The van der Waals surface area contributed by atoms with Gasteiger partial charge in [-0.15, -0.1) is 0 Å². The fourth-order valence-electron chi connectivity index (χ4n) is 2.56. The SMILES string of the molecule is CC1CCCNC1C(=O)NCCc1ccc(Cl)cc1Cl. The first kappa shape index (κ1) is 15.6. The highest BCUT2D eigenvalue weighted by atomic mass is 35.5. The van der Waals surface area contributed by atoms with Crippen molar-refractivity contribution in [3.05, 3.63) is 33.8 Å². The summed E-state index contributed by atoms with van der Waals surface area (Å²) in [5.41, 5.74) is 1.00. The van der Waals surface area contributed by atoms with Crippen LogP contribution in [0.1, 0.15) is 25.3 Å². The Morgan fingerprint density at radius 2 is 2.25 bits per heavy atom. The van der Waals surface area contributed by atoms with Gasteiger partial charge in [-0.05, 0) is 49.4 Å². The average Bonchev–Trinajstić information content (AvgIpc) is 2.41. The highest BCUT2D eigenvalue weighted by molar-refractivity contribution is 6.35. The summed E-state index contributed by atoms with van der Waals surface area (Å²) < 4.78 is 0. The lowest BCUT2D eigenvalue weighted by Gasteiger charge is -2.28. The van der Waals surface area contributed by atoms with Crippen LogP contribution in [0.15, 0.2) is 18.2 Å². The van der Waals surface area contributed by atoms with Gasteiger partial charge in [0.15, 0.2) is 0 Å². The van der Waals surface area contributed by atoms with Crippen molar-refractivity contribution >= 4 is 29.1 Å². The van der Waals surface area contributed by atoms with Crippen LogP contribution in [0.5, 0.6) is 0 Å². The molecule has 1 fully saturated rings. The topological polar surface area (TPSA) is 41.1 Å². The fourth-order valence-corrected chi connectivity index (χ4v) is 3.06. The van der Waals surface area contributed by atoms with Gasteiger partial charge in [-0.25, -0.2) is 0 Å². The molecular formula is C15H20Cl2N2O. The van der Waals surface area contributed by atoms with Gasteiger partial charge in [0, 0.05) is 16.6 Å². The quantitative estimate of drug-likeness (QED) is 0.897. The summed E-state index contributed by atoms with van der Waals surface area (Å²) >= 11 is 12.0. The zero-order valence-electron chi connectivity index (χ0n) is 11.6. The Bertz CT molecular complexity index is 479. The minimum Gasteiger partial charge on any atom is -0.354 e. The van der Waals surface area contributed by atoms with Gasteiger partial charge in [-0.3, -0.25) is 4.79 Å². The third-order valence-corrected chi connectivity index (χ3v) is 4.35. The van der Waals surface area contributed by atoms with E-state index in [0.29, 0.717) is 28.9 Å². The van der Waals surface area contributed by atoms with Crippen molar-refractivity contribution in [1.82, 2.24) is 10.6 Å². The first-order valence-corrected chi connectivity index (χ1v) is 7.78. The Balaban J connectivity index is 1.81. The van der Waals surface area contributed by atoms with Crippen molar-refractivity contribution in [1.29, 1.82) is 0 Å². The number of hydrogen-bond donors (Lipinski definition) is 2. The normalized spacial score (nSPS) is 22.6. The molecule has 20 heavy (non-hydrogen) atoms. The smallest absolute Gasteiger partial charge is 0.237 e. The Morgan fingerprint density at radius 3 is 2.95 bits per heavy atom. The third-order valence-electron chi connectivity index (χ3n) is 3.76. The van der Waals surface area contributed by atoms with Crippen LogP contribution in [-0.2, 0) is 11.2 Å². The van der Waals surface area contributed by atoms with Crippen molar-refractivity contribution in [2.75, 3.05) is 13.1 Å². The van der Waals surface area contributed by atoms with Crippen molar-refractivity contribution in [2.24, 2.45) is 5.92 Å². The van der Waals surface area contributed by atoms with Crippen molar-refractivity contribution in [3.8, 4) is 0 Å². The molecule has 0 radical (unpaired) electrons. The number of amides is 1. The van der Waals surface area contributed by atoms with E-state index in [1.807, 2.05) is 12.1 Å². The number of carbonyl (C=O) groups excluding carboxylic acids is 1. The molecule has 1 saturated heterocycles. The molecule has 3 nitrogen and oxygen atoms in total. The van der Waals surface area contributed by atoms with Crippen molar-refractivity contribution < 1.29 is 4.79 Å². The molecule has 0 bridgehead atoms. The number of hydrogen-bond acceptors (Lipinski definition) is 2. The van der Waals surface area contributed by atoms with E-state index in [1.54, 1.807) is 6.07 Å². The van der Waals surface area contributed by atoms with Gasteiger partial charge in [0.05, 0.1) is 6.04 Å². The highest BCUT2D eigenvalue weighted by Gasteiger charge is 2.26. The number of benzene rings is 1. The summed E-state index contributed by atoms with van der Waals surface area (Å²) in [6.07, 6.45) is 2.96. The highest BCUT2D eigenvalue weighted by Crippen LogP contribution is 2.21. The summed E-state index contributed by atoms with van der Waals surface area (Å²) in [7, 11) is 0. The predicted molar refractivity (Wildman–Crippen MR) is 83.4 cm³/mol. The van der Waals surface area contributed by atoms with Crippen molar-refractivity contribution in [3.63, 3.8) is 0 Å². The lowest BCUT2D eigenvalue weighted by atomic mass is 9.92. The number of piperidine rings is 1. The van der Waals surface area contributed by atoms with E-state index < -0.39 is 0 Å². The van der Waals surface area contributed by atoms with Crippen LogP contribution in [0.4, 0.5) is 0 Å². The summed E-state index contributed by atoms with van der Waals surface area (Å²) in [5.74, 6) is 0.477. The molecular weight excluding hydrogens is 295 g/mol. The fraction of sp³-hybridized carbons (Fsp3) is 0.533. The molecule has 2 unspecified atom stereocenters. The van der Waals surface area contributed by atoms with E-state index in [9.17, 15) is 4.79 Å². The summed E-state index contributed by atoms with van der Waals surface area (Å²) in [4.78, 5) is 12.1. The molecule has 0 saturated carbocycles.